The van der Waals surface area contributed by atoms with E-state index in [9.17, 15) is 13.2 Å². The normalized spacial score (nSPS) is 18.3. The Kier molecular flexibility index (Phi) is 7.42. The molecular formula is C29H31F3O. The number of hydrogen-bond donors (Lipinski definition) is 0. The molecule has 0 spiro atoms. The highest BCUT2D eigenvalue weighted by Gasteiger charge is 2.25. The monoisotopic (exact) mass is 452 g/mol. The van der Waals surface area contributed by atoms with Gasteiger partial charge in [-0.3, -0.25) is 0 Å². The maximum Gasteiger partial charge on any atom is 0.166 e. The van der Waals surface area contributed by atoms with Crippen LogP contribution in [0.15, 0.2) is 54.6 Å². The van der Waals surface area contributed by atoms with E-state index < -0.39 is 11.6 Å². The second-order valence-electron chi connectivity index (χ2n) is 9.11. The van der Waals surface area contributed by atoms with E-state index >= 15 is 0 Å². The maximum absolute atomic E-state index is 15.0. The number of benzene rings is 3. The van der Waals surface area contributed by atoms with Crippen molar-refractivity contribution < 1.29 is 17.9 Å². The molecule has 0 aromatic heterocycles. The molecule has 0 saturated heterocycles. The Balaban J connectivity index is 1.45. The lowest BCUT2D eigenvalue weighted by atomic mass is 9.77. The molecule has 0 atom stereocenters. The second-order valence-corrected chi connectivity index (χ2v) is 9.11. The zero-order valence-corrected chi connectivity index (χ0v) is 19.3. The second kappa shape index (κ2) is 10.5. The first kappa shape index (κ1) is 23.4. The molecule has 0 heterocycles. The highest BCUT2D eigenvalue weighted by molar-refractivity contribution is 5.65. The number of rotatable bonds is 7. The van der Waals surface area contributed by atoms with E-state index in [1.165, 1.54) is 13.2 Å². The zero-order chi connectivity index (χ0) is 23.4. The number of hydrogen-bond acceptors (Lipinski definition) is 1. The summed E-state index contributed by atoms with van der Waals surface area (Å²) in [6.45, 7) is 2.20. The van der Waals surface area contributed by atoms with Gasteiger partial charge in [0.15, 0.2) is 11.6 Å². The van der Waals surface area contributed by atoms with E-state index in [4.69, 9.17) is 4.74 Å². The number of ether oxygens (including phenoxy) is 1. The van der Waals surface area contributed by atoms with Gasteiger partial charge >= 0.3 is 0 Å². The van der Waals surface area contributed by atoms with Crippen LogP contribution in [0.25, 0.3) is 11.1 Å². The summed E-state index contributed by atoms with van der Waals surface area (Å²) >= 11 is 0. The molecule has 1 fully saturated rings. The molecule has 1 aliphatic rings. The summed E-state index contributed by atoms with van der Waals surface area (Å²) in [4.78, 5) is 0. The van der Waals surface area contributed by atoms with Gasteiger partial charge in [-0.05, 0) is 78.7 Å². The van der Waals surface area contributed by atoms with Gasteiger partial charge in [-0.25, -0.2) is 13.2 Å². The van der Waals surface area contributed by atoms with Crippen molar-refractivity contribution in [2.24, 2.45) is 5.92 Å². The molecule has 0 radical (unpaired) electrons. The summed E-state index contributed by atoms with van der Waals surface area (Å²) in [5.41, 5.74) is 3.08. The van der Waals surface area contributed by atoms with Gasteiger partial charge in [0.2, 0.25) is 0 Å². The average Bonchev–Trinajstić information content (AvgIpc) is 2.85. The minimum absolute atomic E-state index is 0.108. The van der Waals surface area contributed by atoms with Crippen LogP contribution in [0, 0.1) is 23.4 Å². The molecule has 4 heteroatoms. The van der Waals surface area contributed by atoms with Gasteiger partial charge in [0.1, 0.15) is 11.6 Å². The predicted octanol–water partition coefficient (Wildman–Crippen LogP) is 8.25. The molecule has 0 N–H and O–H groups in total. The van der Waals surface area contributed by atoms with Crippen LogP contribution >= 0.6 is 0 Å². The summed E-state index contributed by atoms with van der Waals surface area (Å²) in [6, 6.07) is 15.8. The lowest BCUT2D eigenvalue weighted by Crippen LogP contribution is -2.14. The fourth-order valence-electron chi connectivity index (χ4n) is 4.97. The Labute approximate surface area is 194 Å². The zero-order valence-electron chi connectivity index (χ0n) is 19.3. The van der Waals surface area contributed by atoms with Crippen LogP contribution in [0.2, 0.25) is 0 Å². The third kappa shape index (κ3) is 5.26. The van der Waals surface area contributed by atoms with E-state index in [-0.39, 0.29) is 17.3 Å². The lowest BCUT2D eigenvalue weighted by molar-refractivity contribution is 0.312. The van der Waals surface area contributed by atoms with Crippen molar-refractivity contribution in [1.82, 2.24) is 0 Å². The third-order valence-electron chi connectivity index (χ3n) is 7.18. The predicted molar refractivity (Wildman–Crippen MR) is 127 cm³/mol. The molecule has 0 unspecified atom stereocenters. The maximum atomic E-state index is 15.0. The van der Waals surface area contributed by atoms with Crippen LogP contribution in [-0.2, 0) is 12.8 Å². The first-order valence-electron chi connectivity index (χ1n) is 11.9. The molecule has 3 aromatic rings. The van der Waals surface area contributed by atoms with E-state index in [1.807, 2.05) is 24.3 Å². The minimum atomic E-state index is -0.766. The van der Waals surface area contributed by atoms with E-state index in [1.54, 1.807) is 24.3 Å². The minimum Gasteiger partial charge on any atom is -0.497 e. The number of aryl methyl sites for hydroxylation is 2. The topological polar surface area (TPSA) is 9.23 Å². The average molecular weight is 453 g/mol. The lowest BCUT2D eigenvalue weighted by Gasteiger charge is -2.28. The van der Waals surface area contributed by atoms with Gasteiger partial charge in [0.05, 0.1) is 7.11 Å². The number of halogens is 3. The number of methoxy groups -OCH3 is 1. The molecule has 1 aliphatic carbocycles. The first-order valence-corrected chi connectivity index (χ1v) is 11.9. The van der Waals surface area contributed by atoms with Crippen molar-refractivity contribution in [1.29, 1.82) is 0 Å². The molecule has 1 nitrogen and oxygen atoms in total. The molecule has 1 saturated carbocycles. The highest BCUT2D eigenvalue weighted by atomic mass is 19.2. The first-order chi connectivity index (χ1) is 16.0. The Morgan fingerprint density at radius 2 is 1.55 bits per heavy atom. The Morgan fingerprint density at radius 3 is 2.18 bits per heavy atom. The molecule has 4 rings (SSSR count). The van der Waals surface area contributed by atoms with Crippen molar-refractivity contribution in [2.75, 3.05) is 7.11 Å². The van der Waals surface area contributed by atoms with Crippen molar-refractivity contribution in [3.63, 3.8) is 0 Å². The van der Waals surface area contributed by atoms with Crippen molar-refractivity contribution >= 4 is 0 Å². The third-order valence-corrected chi connectivity index (χ3v) is 7.18. The van der Waals surface area contributed by atoms with Gasteiger partial charge in [-0.15, -0.1) is 0 Å². The van der Waals surface area contributed by atoms with Crippen molar-refractivity contribution in [2.45, 2.75) is 57.8 Å². The van der Waals surface area contributed by atoms with Crippen LogP contribution in [0.5, 0.6) is 5.75 Å². The molecule has 0 bridgehead atoms. The van der Waals surface area contributed by atoms with Crippen LogP contribution in [0.4, 0.5) is 13.2 Å². The van der Waals surface area contributed by atoms with E-state index in [0.717, 1.165) is 37.7 Å². The van der Waals surface area contributed by atoms with Gasteiger partial charge in [-0.2, -0.15) is 0 Å². The fraction of sp³-hybridized carbons (Fsp3) is 0.379. The van der Waals surface area contributed by atoms with Gasteiger partial charge in [0, 0.05) is 11.6 Å². The summed E-state index contributed by atoms with van der Waals surface area (Å²) in [7, 11) is 1.51. The van der Waals surface area contributed by atoms with Crippen molar-refractivity contribution in [3.8, 4) is 16.9 Å². The molecule has 0 aliphatic heterocycles. The standard InChI is InChI=1S/C29H31F3O/c1-3-19-4-9-21(10-5-19)25-16-17-26(29(32)28(25)31)22-11-6-20(7-12-22)8-13-23-14-15-24(33-2)18-27(23)30/h6-7,11-12,14-19,21H,3-5,8-10,13H2,1-2H3. The van der Waals surface area contributed by atoms with E-state index in [2.05, 4.69) is 6.92 Å². The Morgan fingerprint density at radius 1 is 0.818 bits per heavy atom. The molecule has 0 amide bonds. The molecule has 3 aromatic carbocycles. The highest BCUT2D eigenvalue weighted by Crippen LogP contribution is 2.39. The summed E-state index contributed by atoms with van der Waals surface area (Å²) < 4.78 is 49.2. The Hall–Kier alpha value is -2.75. The smallest absolute Gasteiger partial charge is 0.166 e. The SMILES string of the molecule is CCC1CCC(c2ccc(-c3ccc(CCc4ccc(OC)cc4F)cc3)c(F)c2F)CC1. The van der Waals surface area contributed by atoms with Crippen molar-refractivity contribution in [3.05, 3.63) is 88.7 Å². The summed E-state index contributed by atoms with van der Waals surface area (Å²) in [5, 5.41) is 0. The van der Waals surface area contributed by atoms with Gasteiger partial charge < -0.3 is 4.74 Å². The van der Waals surface area contributed by atoms with Crippen LogP contribution < -0.4 is 4.74 Å². The van der Waals surface area contributed by atoms with Gasteiger partial charge in [0.25, 0.3) is 0 Å². The van der Waals surface area contributed by atoms with Crippen LogP contribution in [-0.4, -0.2) is 7.11 Å². The molecule has 174 valence electrons. The fourth-order valence-corrected chi connectivity index (χ4v) is 4.97. The largest absolute Gasteiger partial charge is 0.497 e. The summed E-state index contributed by atoms with van der Waals surface area (Å²) in [5.74, 6) is -0.434. The van der Waals surface area contributed by atoms with Crippen LogP contribution in [0.3, 0.4) is 0 Å². The van der Waals surface area contributed by atoms with E-state index in [0.29, 0.717) is 41.2 Å². The quantitative estimate of drug-likeness (QED) is 0.351. The summed E-state index contributed by atoms with van der Waals surface area (Å²) in [6.07, 6.45) is 6.40. The Bertz CT molecular complexity index is 1080. The molecular weight excluding hydrogens is 421 g/mol. The van der Waals surface area contributed by atoms with Crippen LogP contribution in [0.1, 0.15) is 61.6 Å². The molecule has 33 heavy (non-hydrogen) atoms. The van der Waals surface area contributed by atoms with Gasteiger partial charge in [-0.1, -0.05) is 55.8 Å².